The van der Waals surface area contributed by atoms with Crippen LogP contribution < -0.4 is 5.43 Å². The molecule has 1 heterocycles. The van der Waals surface area contributed by atoms with Crippen molar-refractivity contribution in [2.24, 2.45) is 0 Å². The van der Waals surface area contributed by atoms with Gasteiger partial charge in [0, 0.05) is 6.07 Å². The fourth-order valence-corrected chi connectivity index (χ4v) is 1.00. The topological polar surface area (TPSA) is 30.2 Å². The van der Waals surface area contributed by atoms with Crippen molar-refractivity contribution in [2.45, 2.75) is 13.8 Å². The van der Waals surface area contributed by atoms with E-state index < -0.39 is 0 Å². The lowest BCUT2D eigenvalue weighted by Crippen LogP contribution is -2.05. The SMILES string of the molecule is Cc1cc(=O)c(I)c(C)o1. The van der Waals surface area contributed by atoms with Gasteiger partial charge in [-0.25, -0.2) is 0 Å². The molecule has 0 aliphatic carbocycles. The molecule has 0 atom stereocenters. The maximum atomic E-state index is 11.0. The molecule has 3 heteroatoms. The third-order valence-corrected chi connectivity index (χ3v) is 2.47. The second-order valence-corrected chi connectivity index (χ2v) is 3.17. The van der Waals surface area contributed by atoms with Crippen molar-refractivity contribution in [3.8, 4) is 0 Å². The van der Waals surface area contributed by atoms with E-state index in [0.717, 1.165) is 0 Å². The molecule has 1 aromatic heterocycles. The largest absolute Gasteiger partial charge is 0.465 e. The summed E-state index contributed by atoms with van der Waals surface area (Å²) in [4.78, 5) is 11.0. The minimum atomic E-state index is 0.0434. The highest BCUT2D eigenvalue weighted by molar-refractivity contribution is 14.1. The van der Waals surface area contributed by atoms with Crippen molar-refractivity contribution in [1.29, 1.82) is 0 Å². The lowest BCUT2D eigenvalue weighted by molar-refractivity contribution is 0.480. The van der Waals surface area contributed by atoms with Crippen LogP contribution >= 0.6 is 22.6 Å². The zero-order chi connectivity index (χ0) is 7.72. The molecular formula is C7H7IO2. The monoisotopic (exact) mass is 250 g/mol. The van der Waals surface area contributed by atoms with Gasteiger partial charge in [0.05, 0.1) is 3.57 Å². The number of hydrogen-bond donors (Lipinski definition) is 0. The van der Waals surface area contributed by atoms with Crippen molar-refractivity contribution >= 4 is 22.6 Å². The third kappa shape index (κ3) is 1.39. The summed E-state index contributed by atoms with van der Waals surface area (Å²) in [6.45, 7) is 3.56. The molecule has 54 valence electrons. The summed E-state index contributed by atoms with van der Waals surface area (Å²) in [5.41, 5.74) is 0.0434. The molecule has 0 saturated heterocycles. The molecule has 0 amide bonds. The van der Waals surface area contributed by atoms with Crippen LogP contribution in [0, 0.1) is 17.4 Å². The minimum absolute atomic E-state index is 0.0434. The predicted octanol–water partition coefficient (Wildman–Crippen LogP) is 1.86. The normalized spacial score (nSPS) is 9.90. The van der Waals surface area contributed by atoms with E-state index >= 15 is 0 Å². The highest BCUT2D eigenvalue weighted by Gasteiger charge is 2.01. The summed E-state index contributed by atoms with van der Waals surface area (Å²) in [5, 5.41) is 0. The Bertz CT molecular complexity index is 301. The van der Waals surface area contributed by atoms with E-state index in [9.17, 15) is 4.79 Å². The summed E-state index contributed by atoms with van der Waals surface area (Å²) in [7, 11) is 0. The van der Waals surface area contributed by atoms with Gasteiger partial charge in [0.15, 0.2) is 5.43 Å². The van der Waals surface area contributed by atoms with Gasteiger partial charge in [-0.2, -0.15) is 0 Å². The molecule has 0 saturated carbocycles. The lowest BCUT2D eigenvalue weighted by atomic mass is 10.4. The highest BCUT2D eigenvalue weighted by atomic mass is 127. The molecule has 0 spiro atoms. The Kier molecular flexibility index (Phi) is 2.13. The Labute approximate surface area is 72.4 Å². The van der Waals surface area contributed by atoms with Gasteiger partial charge >= 0.3 is 0 Å². The van der Waals surface area contributed by atoms with Gasteiger partial charge < -0.3 is 4.42 Å². The van der Waals surface area contributed by atoms with Crippen LogP contribution in [0.5, 0.6) is 0 Å². The maximum Gasteiger partial charge on any atom is 0.198 e. The Morgan fingerprint density at radius 3 is 2.60 bits per heavy atom. The lowest BCUT2D eigenvalue weighted by Gasteiger charge is -1.96. The van der Waals surface area contributed by atoms with Gasteiger partial charge in [-0.3, -0.25) is 4.79 Å². The molecule has 1 aromatic rings. The zero-order valence-corrected chi connectivity index (χ0v) is 7.93. The molecule has 0 fully saturated rings. The smallest absolute Gasteiger partial charge is 0.198 e. The average molecular weight is 250 g/mol. The van der Waals surface area contributed by atoms with Crippen molar-refractivity contribution in [1.82, 2.24) is 0 Å². The number of hydrogen-bond acceptors (Lipinski definition) is 2. The van der Waals surface area contributed by atoms with Gasteiger partial charge in [-0.05, 0) is 36.4 Å². The summed E-state index contributed by atoms with van der Waals surface area (Å²) >= 11 is 1.98. The quantitative estimate of drug-likeness (QED) is 0.658. The van der Waals surface area contributed by atoms with E-state index in [1.165, 1.54) is 6.07 Å². The second-order valence-electron chi connectivity index (χ2n) is 2.09. The molecule has 0 unspecified atom stereocenters. The predicted molar refractivity (Wildman–Crippen MR) is 47.2 cm³/mol. The van der Waals surface area contributed by atoms with Crippen LogP contribution in [-0.2, 0) is 0 Å². The van der Waals surface area contributed by atoms with E-state index in [-0.39, 0.29) is 5.43 Å². The summed E-state index contributed by atoms with van der Waals surface area (Å²) < 4.78 is 5.85. The van der Waals surface area contributed by atoms with Crippen LogP contribution in [0.2, 0.25) is 0 Å². The Balaban J connectivity index is 3.46. The van der Waals surface area contributed by atoms with Gasteiger partial charge in [0.25, 0.3) is 0 Å². The molecule has 0 aliphatic rings. The number of aryl methyl sites for hydroxylation is 2. The molecule has 0 radical (unpaired) electrons. The highest BCUT2D eigenvalue weighted by Crippen LogP contribution is 2.06. The third-order valence-electron chi connectivity index (χ3n) is 1.17. The zero-order valence-electron chi connectivity index (χ0n) is 5.77. The van der Waals surface area contributed by atoms with Gasteiger partial charge in [-0.1, -0.05) is 0 Å². The van der Waals surface area contributed by atoms with E-state index in [2.05, 4.69) is 0 Å². The van der Waals surface area contributed by atoms with E-state index in [4.69, 9.17) is 4.42 Å². The average Bonchev–Trinajstić information content (AvgIpc) is 1.82. The second kappa shape index (κ2) is 2.74. The first-order valence-corrected chi connectivity index (χ1v) is 3.96. The fourth-order valence-electron chi connectivity index (χ4n) is 0.737. The first-order chi connectivity index (χ1) is 4.61. The van der Waals surface area contributed by atoms with Crippen LogP contribution in [0.3, 0.4) is 0 Å². The van der Waals surface area contributed by atoms with E-state index in [1.807, 2.05) is 22.6 Å². The van der Waals surface area contributed by atoms with Crippen molar-refractivity contribution in [3.63, 3.8) is 0 Å². The number of rotatable bonds is 0. The first kappa shape index (κ1) is 7.78. The fraction of sp³-hybridized carbons (Fsp3) is 0.286. The number of halogens is 1. The van der Waals surface area contributed by atoms with Gasteiger partial charge in [-0.15, -0.1) is 0 Å². The van der Waals surface area contributed by atoms with Crippen LogP contribution in [-0.4, -0.2) is 0 Å². The summed E-state index contributed by atoms with van der Waals surface area (Å²) in [6.07, 6.45) is 0. The Hall–Kier alpha value is -0.320. The Morgan fingerprint density at radius 1 is 1.50 bits per heavy atom. The summed E-state index contributed by atoms with van der Waals surface area (Å²) in [6, 6.07) is 1.49. The van der Waals surface area contributed by atoms with E-state index in [1.54, 1.807) is 13.8 Å². The maximum absolute atomic E-state index is 11.0. The van der Waals surface area contributed by atoms with Crippen LogP contribution in [0.25, 0.3) is 0 Å². The minimum Gasteiger partial charge on any atom is -0.465 e. The molecule has 0 N–H and O–H groups in total. The first-order valence-electron chi connectivity index (χ1n) is 2.88. The standard InChI is InChI=1S/C7H7IO2/c1-4-3-6(9)7(8)5(2)10-4/h3H,1-2H3. The van der Waals surface area contributed by atoms with Gasteiger partial charge in [0.2, 0.25) is 0 Å². The Morgan fingerprint density at radius 2 is 2.10 bits per heavy atom. The van der Waals surface area contributed by atoms with Crippen molar-refractivity contribution in [2.75, 3.05) is 0 Å². The molecule has 0 aliphatic heterocycles. The summed E-state index contributed by atoms with van der Waals surface area (Å²) in [5.74, 6) is 1.37. The molecule has 0 bridgehead atoms. The van der Waals surface area contributed by atoms with Crippen molar-refractivity contribution < 1.29 is 4.42 Å². The molecule has 10 heavy (non-hydrogen) atoms. The van der Waals surface area contributed by atoms with E-state index in [0.29, 0.717) is 15.1 Å². The molecular weight excluding hydrogens is 243 g/mol. The van der Waals surface area contributed by atoms with Gasteiger partial charge in [0.1, 0.15) is 11.5 Å². The molecule has 0 aromatic carbocycles. The van der Waals surface area contributed by atoms with Crippen LogP contribution in [0.1, 0.15) is 11.5 Å². The van der Waals surface area contributed by atoms with Crippen LogP contribution in [0.4, 0.5) is 0 Å². The van der Waals surface area contributed by atoms with Crippen LogP contribution in [0.15, 0.2) is 15.3 Å². The molecule has 1 rings (SSSR count). The molecule has 2 nitrogen and oxygen atoms in total. The van der Waals surface area contributed by atoms with Crippen molar-refractivity contribution in [3.05, 3.63) is 31.4 Å².